The van der Waals surface area contributed by atoms with Gasteiger partial charge >= 0.3 is 6.03 Å². The van der Waals surface area contributed by atoms with E-state index in [-0.39, 0.29) is 23.8 Å². The molecule has 0 aromatic rings. The maximum Gasteiger partial charge on any atom is 0.325 e. The molecule has 1 aliphatic carbocycles. The summed E-state index contributed by atoms with van der Waals surface area (Å²) in [5.41, 5.74) is -0.537. The molecule has 1 N–H and O–H groups in total. The van der Waals surface area contributed by atoms with Gasteiger partial charge < -0.3 is 10.2 Å². The Labute approximate surface area is 157 Å². The number of nitrogens with one attached hydrogen (secondary N) is 1. The van der Waals surface area contributed by atoms with Crippen LogP contribution < -0.4 is 5.32 Å². The van der Waals surface area contributed by atoms with E-state index in [0.29, 0.717) is 25.3 Å². The quantitative estimate of drug-likeness (QED) is 0.705. The summed E-state index contributed by atoms with van der Waals surface area (Å²) in [6.45, 7) is 9.32. The van der Waals surface area contributed by atoms with E-state index in [1.807, 2.05) is 0 Å². The van der Waals surface area contributed by atoms with Crippen molar-refractivity contribution in [2.75, 3.05) is 20.1 Å². The highest BCUT2D eigenvalue weighted by Crippen LogP contribution is 2.45. The second-order valence-corrected chi connectivity index (χ2v) is 8.69. The molecule has 26 heavy (non-hydrogen) atoms. The van der Waals surface area contributed by atoms with Crippen LogP contribution in [0, 0.1) is 11.3 Å². The van der Waals surface area contributed by atoms with Crippen LogP contribution in [0.15, 0.2) is 0 Å². The van der Waals surface area contributed by atoms with Gasteiger partial charge in [0.05, 0.1) is 0 Å². The Bertz CT molecular complexity index is 551. The van der Waals surface area contributed by atoms with E-state index in [2.05, 4.69) is 33.0 Å². The molecule has 2 aliphatic rings. The summed E-state index contributed by atoms with van der Waals surface area (Å²) >= 11 is 0. The number of imide groups is 1. The normalized spacial score (nSPS) is 26.3. The number of amides is 4. The molecule has 0 aromatic carbocycles. The second-order valence-electron chi connectivity index (χ2n) is 8.69. The van der Waals surface area contributed by atoms with Crippen molar-refractivity contribution >= 4 is 17.8 Å². The SMILES string of the molecule is CCCCN(C)C(=O)CN1C(=O)NC2(CCC(C(C)(C)CC)CC2)C1=O. The summed E-state index contributed by atoms with van der Waals surface area (Å²) in [6, 6.07) is -0.416. The lowest BCUT2D eigenvalue weighted by molar-refractivity contribution is -0.139. The van der Waals surface area contributed by atoms with Crippen LogP contribution in [0.25, 0.3) is 0 Å². The average molecular weight is 366 g/mol. The van der Waals surface area contributed by atoms with Crippen molar-refractivity contribution in [1.82, 2.24) is 15.1 Å². The number of likely N-dealkylation sites (N-methyl/N-ethyl adjacent to an activating group) is 1. The van der Waals surface area contributed by atoms with Gasteiger partial charge in [0.15, 0.2) is 0 Å². The Morgan fingerprint density at radius 2 is 1.88 bits per heavy atom. The molecule has 2 fully saturated rings. The van der Waals surface area contributed by atoms with Gasteiger partial charge in [0.25, 0.3) is 5.91 Å². The molecule has 1 saturated heterocycles. The molecule has 6 heteroatoms. The summed E-state index contributed by atoms with van der Waals surface area (Å²) in [7, 11) is 1.73. The van der Waals surface area contributed by atoms with Crippen molar-refractivity contribution in [2.45, 2.75) is 78.2 Å². The zero-order valence-corrected chi connectivity index (χ0v) is 17.1. The third kappa shape index (κ3) is 4.04. The molecule has 1 spiro atoms. The third-order valence-electron chi connectivity index (χ3n) is 6.67. The largest absolute Gasteiger partial charge is 0.344 e. The minimum absolute atomic E-state index is 0.156. The Morgan fingerprint density at radius 3 is 2.42 bits per heavy atom. The highest BCUT2D eigenvalue weighted by Gasteiger charge is 2.53. The molecule has 0 atom stereocenters. The van der Waals surface area contributed by atoms with E-state index in [1.165, 1.54) is 0 Å². The summed E-state index contributed by atoms with van der Waals surface area (Å²) in [5.74, 6) is 0.172. The van der Waals surface area contributed by atoms with Gasteiger partial charge in [0.1, 0.15) is 12.1 Å². The molecule has 0 unspecified atom stereocenters. The summed E-state index contributed by atoms with van der Waals surface area (Å²) in [6.07, 6.45) is 6.23. The van der Waals surface area contributed by atoms with Gasteiger partial charge in [0.2, 0.25) is 5.91 Å². The summed E-state index contributed by atoms with van der Waals surface area (Å²) < 4.78 is 0. The molecule has 148 valence electrons. The van der Waals surface area contributed by atoms with Crippen molar-refractivity contribution < 1.29 is 14.4 Å². The summed E-state index contributed by atoms with van der Waals surface area (Å²) in [5, 5.41) is 2.91. The predicted octanol–water partition coefficient (Wildman–Crippen LogP) is 3.16. The smallest absolute Gasteiger partial charge is 0.325 e. The van der Waals surface area contributed by atoms with E-state index in [1.54, 1.807) is 11.9 Å². The van der Waals surface area contributed by atoms with Crippen LogP contribution in [0.1, 0.15) is 72.6 Å². The van der Waals surface area contributed by atoms with Crippen LogP contribution in [0.4, 0.5) is 4.79 Å². The zero-order valence-electron chi connectivity index (χ0n) is 17.1. The second kappa shape index (κ2) is 7.97. The van der Waals surface area contributed by atoms with Crippen molar-refractivity contribution in [1.29, 1.82) is 0 Å². The number of carbonyl (C=O) groups excluding carboxylic acids is 3. The Morgan fingerprint density at radius 1 is 1.27 bits per heavy atom. The monoisotopic (exact) mass is 365 g/mol. The fraction of sp³-hybridized carbons (Fsp3) is 0.850. The number of nitrogens with zero attached hydrogens (tertiary/aromatic N) is 2. The van der Waals surface area contributed by atoms with Crippen LogP contribution in [0.2, 0.25) is 0 Å². The van der Waals surface area contributed by atoms with Crippen molar-refractivity contribution in [3.63, 3.8) is 0 Å². The number of hydrogen-bond acceptors (Lipinski definition) is 3. The molecule has 0 bridgehead atoms. The number of unbranched alkanes of at least 4 members (excludes halogenated alkanes) is 1. The van der Waals surface area contributed by atoms with E-state index in [4.69, 9.17) is 0 Å². The fourth-order valence-electron chi connectivity index (χ4n) is 4.12. The van der Waals surface area contributed by atoms with Gasteiger partial charge in [-0.05, 0) is 43.4 Å². The highest BCUT2D eigenvalue weighted by molar-refractivity contribution is 6.09. The highest BCUT2D eigenvalue weighted by atomic mass is 16.2. The minimum Gasteiger partial charge on any atom is -0.344 e. The lowest BCUT2D eigenvalue weighted by atomic mass is 9.65. The molecular weight excluding hydrogens is 330 g/mol. The van der Waals surface area contributed by atoms with Crippen LogP contribution in [0.5, 0.6) is 0 Å². The average Bonchev–Trinajstić information content (AvgIpc) is 2.84. The van der Waals surface area contributed by atoms with Gasteiger partial charge in [-0.25, -0.2) is 4.79 Å². The van der Waals surface area contributed by atoms with E-state index < -0.39 is 11.6 Å². The van der Waals surface area contributed by atoms with Crippen LogP contribution in [-0.4, -0.2) is 53.3 Å². The number of rotatable bonds is 7. The molecule has 4 amide bonds. The topological polar surface area (TPSA) is 69.7 Å². The molecule has 1 heterocycles. The van der Waals surface area contributed by atoms with Gasteiger partial charge in [-0.2, -0.15) is 0 Å². The van der Waals surface area contributed by atoms with Gasteiger partial charge in [0, 0.05) is 13.6 Å². The van der Waals surface area contributed by atoms with Crippen LogP contribution in [-0.2, 0) is 9.59 Å². The molecule has 0 aromatic heterocycles. The number of urea groups is 1. The molecule has 1 saturated carbocycles. The standard InChI is InChI=1S/C20H35N3O3/c1-6-8-13-22(5)16(24)14-23-17(25)20(21-18(23)26)11-9-15(10-12-20)19(3,4)7-2/h15H,6-14H2,1-5H3,(H,21,26). The Hall–Kier alpha value is -1.59. The van der Waals surface area contributed by atoms with Gasteiger partial charge in [-0.1, -0.05) is 40.5 Å². The lowest BCUT2D eigenvalue weighted by Gasteiger charge is -2.42. The molecule has 1 aliphatic heterocycles. The maximum atomic E-state index is 13.0. The van der Waals surface area contributed by atoms with Crippen molar-refractivity contribution in [3.8, 4) is 0 Å². The van der Waals surface area contributed by atoms with E-state index in [9.17, 15) is 14.4 Å². The maximum absolute atomic E-state index is 13.0. The van der Waals surface area contributed by atoms with Gasteiger partial charge in [-0.15, -0.1) is 0 Å². The summed E-state index contributed by atoms with van der Waals surface area (Å²) in [4.78, 5) is 40.4. The first-order chi connectivity index (χ1) is 12.2. The van der Waals surface area contributed by atoms with Crippen molar-refractivity contribution in [2.24, 2.45) is 11.3 Å². The Kier molecular flexibility index (Phi) is 6.35. The van der Waals surface area contributed by atoms with E-state index >= 15 is 0 Å². The first-order valence-electron chi connectivity index (χ1n) is 10.0. The third-order valence-corrected chi connectivity index (χ3v) is 6.67. The molecule has 0 radical (unpaired) electrons. The molecular formula is C20H35N3O3. The fourth-order valence-corrected chi connectivity index (χ4v) is 4.12. The predicted molar refractivity (Wildman–Crippen MR) is 102 cm³/mol. The number of hydrogen-bond donors (Lipinski definition) is 1. The van der Waals surface area contributed by atoms with E-state index in [0.717, 1.165) is 37.0 Å². The lowest BCUT2D eigenvalue weighted by Crippen LogP contribution is -2.51. The van der Waals surface area contributed by atoms with Crippen LogP contribution in [0.3, 0.4) is 0 Å². The van der Waals surface area contributed by atoms with Crippen LogP contribution >= 0.6 is 0 Å². The molecule has 2 rings (SSSR count). The van der Waals surface area contributed by atoms with Gasteiger partial charge in [-0.3, -0.25) is 14.5 Å². The minimum atomic E-state index is -0.792. The first-order valence-corrected chi connectivity index (χ1v) is 10.0. The zero-order chi connectivity index (χ0) is 19.5. The van der Waals surface area contributed by atoms with Crippen molar-refractivity contribution in [3.05, 3.63) is 0 Å². The number of carbonyl (C=O) groups is 3. The first kappa shape index (κ1) is 20.7. The Balaban J connectivity index is 2.00. The molecule has 6 nitrogen and oxygen atoms in total.